The number of nitrogens with one attached hydrogen (secondary N) is 1. The highest BCUT2D eigenvalue weighted by Gasteiger charge is 2.20. The van der Waals surface area contributed by atoms with Crippen LogP contribution in [0.1, 0.15) is 12.0 Å². The van der Waals surface area contributed by atoms with Gasteiger partial charge in [0.2, 0.25) is 0 Å². The van der Waals surface area contributed by atoms with Gasteiger partial charge in [-0.3, -0.25) is 9.58 Å². The van der Waals surface area contributed by atoms with Gasteiger partial charge in [0.05, 0.1) is 6.54 Å². The van der Waals surface area contributed by atoms with E-state index >= 15 is 0 Å². The smallest absolute Gasteiger partial charge is 0.317 e. The third-order valence-corrected chi connectivity index (χ3v) is 4.63. The van der Waals surface area contributed by atoms with Gasteiger partial charge in [-0.1, -0.05) is 30.3 Å². The molecule has 0 unspecified atom stereocenters. The summed E-state index contributed by atoms with van der Waals surface area (Å²) in [5, 5.41) is 7.27. The molecule has 0 spiro atoms. The topological polar surface area (TPSA) is 53.4 Å². The molecule has 3 rings (SSSR count). The lowest BCUT2D eigenvalue weighted by atomic mass is 10.1. The Balaban J connectivity index is 1.29. The second-order valence-electron chi connectivity index (χ2n) is 6.42. The number of aromatic nitrogens is 2. The van der Waals surface area contributed by atoms with Crippen LogP contribution in [0.4, 0.5) is 4.79 Å². The molecule has 1 fully saturated rings. The molecule has 0 bridgehead atoms. The van der Waals surface area contributed by atoms with Crippen molar-refractivity contribution in [1.82, 2.24) is 24.9 Å². The number of amides is 2. The average molecular weight is 341 g/mol. The standard InChI is InChI=1S/C19H27N5O/c25-19(20-9-4-8-18-6-2-1-3-7-18)23-15-12-22(13-16-23)14-17-24-11-5-10-21-24/h1-3,5-7,10-11H,4,8-9,12-17H2,(H,20,25). The third kappa shape index (κ3) is 5.60. The van der Waals surface area contributed by atoms with Crippen LogP contribution in [0.25, 0.3) is 0 Å². The lowest BCUT2D eigenvalue weighted by molar-refractivity contribution is 0.136. The molecule has 0 aliphatic carbocycles. The predicted octanol–water partition coefficient (Wildman–Crippen LogP) is 1.84. The van der Waals surface area contributed by atoms with Crippen molar-refractivity contribution in [2.24, 2.45) is 0 Å². The van der Waals surface area contributed by atoms with E-state index in [-0.39, 0.29) is 6.03 Å². The molecule has 1 aromatic heterocycles. The Morgan fingerprint density at radius 3 is 2.56 bits per heavy atom. The number of hydrogen-bond acceptors (Lipinski definition) is 3. The van der Waals surface area contributed by atoms with Crippen LogP contribution in [0.5, 0.6) is 0 Å². The molecule has 2 aromatic rings. The summed E-state index contributed by atoms with van der Waals surface area (Å²) in [5.41, 5.74) is 1.32. The van der Waals surface area contributed by atoms with E-state index in [4.69, 9.17) is 0 Å². The Morgan fingerprint density at radius 2 is 1.84 bits per heavy atom. The largest absolute Gasteiger partial charge is 0.338 e. The van der Waals surface area contributed by atoms with Crippen LogP contribution in [-0.4, -0.2) is 64.9 Å². The molecule has 1 aromatic carbocycles. The van der Waals surface area contributed by atoms with E-state index in [1.165, 1.54) is 5.56 Å². The minimum atomic E-state index is 0.0692. The van der Waals surface area contributed by atoms with Crippen LogP contribution in [0.15, 0.2) is 48.8 Å². The Hall–Kier alpha value is -2.34. The van der Waals surface area contributed by atoms with Gasteiger partial charge in [0.15, 0.2) is 0 Å². The van der Waals surface area contributed by atoms with Gasteiger partial charge in [0.1, 0.15) is 0 Å². The minimum absolute atomic E-state index is 0.0692. The van der Waals surface area contributed by atoms with Crippen molar-refractivity contribution in [3.63, 3.8) is 0 Å². The number of nitrogens with zero attached hydrogens (tertiary/aromatic N) is 4. The van der Waals surface area contributed by atoms with E-state index in [0.29, 0.717) is 0 Å². The highest BCUT2D eigenvalue weighted by atomic mass is 16.2. The summed E-state index contributed by atoms with van der Waals surface area (Å²) in [7, 11) is 0. The average Bonchev–Trinajstić information content (AvgIpc) is 3.18. The molecule has 1 aliphatic rings. The van der Waals surface area contributed by atoms with E-state index in [2.05, 4.69) is 39.6 Å². The minimum Gasteiger partial charge on any atom is -0.338 e. The molecule has 25 heavy (non-hydrogen) atoms. The number of rotatable bonds is 7. The third-order valence-electron chi connectivity index (χ3n) is 4.63. The summed E-state index contributed by atoms with van der Waals surface area (Å²) < 4.78 is 1.95. The molecule has 1 aliphatic heterocycles. The lowest BCUT2D eigenvalue weighted by Gasteiger charge is -2.34. The van der Waals surface area contributed by atoms with E-state index in [1.54, 1.807) is 6.20 Å². The van der Waals surface area contributed by atoms with Crippen molar-refractivity contribution >= 4 is 6.03 Å². The van der Waals surface area contributed by atoms with Crippen LogP contribution < -0.4 is 5.32 Å². The first-order chi connectivity index (χ1) is 12.3. The monoisotopic (exact) mass is 341 g/mol. The highest BCUT2D eigenvalue weighted by Crippen LogP contribution is 2.04. The summed E-state index contributed by atoms with van der Waals surface area (Å²) in [4.78, 5) is 16.6. The molecule has 0 saturated carbocycles. The fourth-order valence-electron chi connectivity index (χ4n) is 3.10. The summed E-state index contributed by atoms with van der Waals surface area (Å²) in [5.74, 6) is 0. The fourth-order valence-corrected chi connectivity index (χ4v) is 3.10. The van der Waals surface area contributed by atoms with Crippen molar-refractivity contribution in [3.8, 4) is 0 Å². The maximum atomic E-state index is 12.2. The number of urea groups is 1. The SMILES string of the molecule is O=C(NCCCc1ccccc1)N1CCN(CCn2cccn2)CC1. The molecule has 2 amide bonds. The molecule has 1 N–H and O–H groups in total. The molecular formula is C19H27N5O. The van der Waals surface area contributed by atoms with E-state index < -0.39 is 0 Å². The van der Waals surface area contributed by atoms with Gasteiger partial charge in [-0.15, -0.1) is 0 Å². The molecule has 0 atom stereocenters. The molecule has 6 nitrogen and oxygen atoms in total. The second kappa shape index (κ2) is 9.22. The van der Waals surface area contributed by atoms with Crippen molar-refractivity contribution < 1.29 is 4.79 Å². The Bertz CT molecular complexity index is 621. The van der Waals surface area contributed by atoms with Gasteiger partial charge >= 0.3 is 6.03 Å². The summed E-state index contributed by atoms with van der Waals surface area (Å²) >= 11 is 0. The predicted molar refractivity (Wildman–Crippen MR) is 98.4 cm³/mol. The van der Waals surface area contributed by atoms with Gasteiger partial charge in [-0.25, -0.2) is 4.79 Å². The first-order valence-corrected chi connectivity index (χ1v) is 9.08. The number of aryl methyl sites for hydroxylation is 1. The van der Waals surface area contributed by atoms with Gasteiger partial charge in [-0.05, 0) is 24.5 Å². The zero-order chi connectivity index (χ0) is 17.3. The zero-order valence-electron chi connectivity index (χ0n) is 14.7. The van der Waals surface area contributed by atoms with Gasteiger partial charge in [-0.2, -0.15) is 5.10 Å². The van der Waals surface area contributed by atoms with Crippen LogP contribution in [0, 0.1) is 0 Å². The lowest BCUT2D eigenvalue weighted by Crippen LogP contribution is -2.52. The molecule has 2 heterocycles. The van der Waals surface area contributed by atoms with Gasteiger partial charge < -0.3 is 10.2 Å². The van der Waals surface area contributed by atoms with Crippen LogP contribution in [0.3, 0.4) is 0 Å². The summed E-state index contributed by atoms with van der Waals surface area (Å²) in [6, 6.07) is 12.4. The van der Waals surface area contributed by atoms with Crippen molar-refractivity contribution in [3.05, 3.63) is 54.4 Å². The van der Waals surface area contributed by atoms with Crippen LogP contribution in [0.2, 0.25) is 0 Å². The quantitative estimate of drug-likeness (QED) is 0.782. The van der Waals surface area contributed by atoms with Crippen molar-refractivity contribution in [1.29, 1.82) is 0 Å². The van der Waals surface area contributed by atoms with Crippen molar-refractivity contribution in [2.45, 2.75) is 19.4 Å². The van der Waals surface area contributed by atoms with E-state index in [0.717, 1.165) is 58.7 Å². The fraction of sp³-hybridized carbons (Fsp3) is 0.474. The van der Waals surface area contributed by atoms with Crippen LogP contribution in [-0.2, 0) is 13.0 Å². The number of hydrogen-bond donors (Lipinski definition) is 1. The van der Waals surface area contributed by atoms with E-state index in [9.17, 15) is 4.79 Å². The molecule has 1 saturated heterocycles. The number of carbonyl (C=O) groups is 1. The molecule has 134 valence electrons. The van der Waals surface area contributed by atoms with Crippen molar-refractivity contribution in [2.75, 3.05) is 39.3 Å². The Labute approximate surface area is 149 Å². The maximum absolute atomic E-state index is 12.2. The second-order valence-corrected chi connectivity index (χ2v) is 6.42. The first-order valence-electron chi connectivity index (χ1n) is 9.08. The number of benzene rings is 1. The van der Waals surface area contributed by atoms with Gasteiger partial charge in [0, 0.05) is 51.7 Å². The van der Waals surface area contributed by atoms with Gasteiger partial charge in [0.25, 0.3) is 0 Å². The Kier molecular flexibility index (Phi) is 6.45. The number of piperazine rings is 1. The maximum Gasteiger partial charge on any atom is 0.317 e. The first kappa shape index (κ1) is 17.5. The Morgan fingerprint density at radius 1 is 1.04 bits per heavy atom. The summed E-state index contributed by atoms with van der Waals surface area (Å²) in [6.45, 7) is 6.06. The zero-order valence-corrected chi connectivity index (χ0v) is 14.7. The number of carbonyl (C=O) groups excluding carboxylic acids is 1. The molecule has 6 heteroatoms. The highest BCUT2D eigenvalue weighted by molar-refractivity contribution is 5.74. The van der Waals surface area contributed by atoms with Crippen LogP contribution >= 0.6 is 0 Å². The molecule has 0 radical (unpaired) electrons. The normalized spacial score (nSPS) is 15.3. The molecular weight excluding hydrogens is 314 g/mol. The summed E-state index contributed by atoms with van der Waals surface area (Å²) in [6.07, 6.45) is 5.77. The van der Waals surface area contributed by atoms with E-state index in [1.807, 2.05) is 27.9 Å².